The summed E-state index contributed by atoms with van der Waals surface area (Å²) in [5.41, 5.74) is 0. The third kappa shape index (κ3) is 3.74. The summed E-state index contributed by atoms with van der Waals surface area (Å²) in [5.74, 6) is -1.30. The van der Waals surface area contributed by atoms with Crippen LogP contribution < -0.4 is 10.1 Å². The van der Waals surface area contributed by atoms with Crippen molar-refractivity contribution >= 4 is 23.5 Å². The Morgan fingerprint density at radius 1 is 1.35 bits per heavy atom. The second kappa shape index (κ2) is 6.43. The lowest BCUT2D eigenvalue weighted by atomic mass is 10.1. The molecule has 6 heteroatoms. The molecule has 2 rings (SSSR count). The molecule has 0 radical (unpaired) electrons. The van der Waals surface area contributed by atoms with Crippen LogP contribution in [0.3, 0.4) is 0 Å². The molecule has 0 aromatic heterocycles. The van der Waals surface area contributed by atoms with Crippen LogP contribution in [0.15, 0.2) is 36.4 Å². The summed E-state index contributed by atoms with van der Waals surface area (Å²) < 4.78 is 5.30. The molecule has 106 valence electrons. The molecule has 0 aliphatic heterocycles. The average Bonchev–Trinajstić information content (AvgIpc) is 2.86. The minimum absolute atomic E-state index is 0.161. The molecular weight excluding hydrogens is 282 g/mol. The Kier molecular flexibility index (Phi) is 4.63. The van der Waals surface area contributed by atoms with E-state index in [0.717, 1.165) is 0 Å². The van der Waals surface area contributed by atoms with Gasteiger partial charge in [0.15, 0.2) is 6.61 Å². The first-order valence-corrected chi connectivity index (χ1v) is 6.52. The zero-order chi connectivity index (χ0) is 14.5. The number of carboxylic acid groups (broad SMARTS) is 1. The van der Waals surface area contributed by atoms with Crippen LogP contribution in [0.25, 0.3) is 0 Å². The number of amides is 1. The number of hydrogen-bond donors (Lipinski definition) is 2. The predicted molar refractivity (Wildman–Crippen MR) is 73.8 cm³/mol. The molecule has 2 atom stereocenters. The fourth-order valence-corrected chi connectivity index (χ4v) is 2.13. The second-order valence-corrected chi connectivity index (χ2v) is 4.87. The zero-order valence-corrected chi connectivity index (χ0v) is 11.3. The summed E-state index contributed by atoms with van der Waals surface area (Å²) in [4.78, 5) is 22.5. The van der Waals surface area contributed by atoms with Crippen LogP contribution in [-0.4, -0.2) is 29.6 Å². The van der Waals surface area contributed by atoms with Crippen molar-refractivity contribution in [2.45, 2.75) is 12.5 Å². The molecule has 1 aromatic rings. The lowest BCUT2D eigenvalue weighted by Gasteiger charge is -2.13. The van der Waals surface area contributed by atoms with Gasteiger partial charge in [-0.1, -0.05) is 35.9 Å². The largest absolute Gasteiger partial charge is 0.482 e. The van der Waals surface area contributed by atoms with Crippen LogP contribution in [0.5, 0.6) is 5.75 Å². The number of carbonyl (C=O) groups excluding carboxylic acids is 1. The quantitative estimate of drug-likeness (QED) is 0.813. The molecule has 2 unspecified atom stereocenters. The van der Waals surface area contributed by atoms with Crippen molar-refractivity contribution in [1.29, 1.82) is 0 Å². The number of carbonyl (C=O) groups is 2. The van der Waals surface area contributed by atoms with Crippen molar-refractivity contribution in [3.63, 3.8) is 0 Å². The zero-order valence-electron chi connectivity index (χ0n) is 10.6. The maximum Gasteiger partial charge on any atom is 0.310 e. The first kappa shape index (κ1) is 14.4. The highest BCUT2D eigenvalue weighted by Gasteiger charge is 2.25. The maximum absolute atomic E-state index is 11.7. The number of halogens is 1. The maximum atomic E-state index is 11.7. The number of para-hydroxylation sites is 1. The van der Waals surface area contributed by atoms with E-state index >= 15 is 0 Å². The summed E-state index contributed by atoms with van der Waals surface area (Å²) in [6.45, 7) is -0.161. The van der Waals surface area contributed by atoms with Crippen molar-refractivity contribution in [2.75, 3.05) is 6.61 Å². The molecule has 0 bridgehead atoms. The highest BCUT2D eigenvalue weighted by atomic mass is 35.5. The van der Waals surface area contributed by atoms with Gasteiger partial charge in [0.05, 0.1) is 10.9 Å². The van der Waals surface area contributed by atoms with Gasteiger partial charge in [0.2, 0.25) is 0 Å². The van der Waals surface area contributed by atoms with Gasteiger partial charge in [0, 0.05) is 6.04 Å². The Balaban J connectivity index is 1.78. The summed E-state index contributed by atoms with van der Waals surface area (Å²) in [6, 6.07) is 6.61. The molecular formula is C14H14ClNO4. The van der Waals surface area contributed by atoms with Gasteiger partial charge in [0.1, 0.15) is 5.75 Å². The van der Waals surface area contributed by atoms with Gasteiger partial charge in [-0.25, -0.2) is 0 Å². The minimum Gasteiger partial charge on any atom is -0.482 e. The molecule has 20 heavy (non-hydrogen) atoms. The van der Waals surface area contributed by atoms with Gasteiger partial charge >= 0.3 is 5.97 Å². The molecule has 0 spiro atoms. The van der Waals surface area contributed by atoms with Crippen molar-refractivity contribution in [1.82, 2.24) is 5.32 Å². The molecule has 2 N–H and O–H groups in total. The van der Waals surface area contributed by atoms with E-state index in [4.69, 9.17) is 21.4 Å². The molecule has 1 aliphatic carbocycles. The number of hydrogen-bond acceptors (Lipinski definition) is 3. The fourth-order valence-electron chi connectivity index (χ4n) is 1.94. The number of aliphatic carboxylic acids is 1. The number of ether oxygens (including phenoxy) is 1. The molecule has 0 saturated carbocycles. The van der Waals surface area contributed by atoms with Crippen molar-refractivity contribution in [2.24, 2.45) is 5.92 Å². The van der Waals surface area contributed by atoms with Gasteiger partial charge in [-0.3, -0.25) is 9.59 Å². The Morgan fingerprint density at radius 3 is 2.75 bits per heavy atom. The lowest BCUT2D eigenvalue weighted by Crippen LogP contribution is -2.36. The Bertz CT molecular complexity index is 544. The molecule has 5 nitrogen and oxygen atoms in total. The van der Waals surface area contributed by atoms with Crippen LogP contribution in [0.1, 0.15) is 6.42 Å². The molecule has 1 aliphatic rings. The van der Waals surface area contributed by atoms with Crippen molar-refractivity contribution in [3.05, 3.63) is 41.4 Å². The molecule has 1 amide bonds. The van der Waals surface area contributed by atoms with Gasteiger partial charge in [-0.05, 0) is 18.6 Å². The molecule has 0 heterocycles. The van der Waals surface area contributed by atoms with Crippen molar-refractivity contribution in [3.8, 4) is 5.75 Å². The van der Waals surface area contributed by atoms with E-state index in [0.29, 0.717) is 17.2 Å². The fraction of sp³-hybridized carbons (Fsp3) is 0.286. The van der Waals surface area contributed by atoms with Crippen LogP contribution in [0.2, 0.25) is 5.02 Å². The van der Waals surface area contributed by atoms with Gasteiger partial charge < -0.3 is 15.2 Å². The van der Waals surface area contributed by atoms with E-state index in [1.54, 1.807) is 36.4 Å². The molecule has 1 aromatic carbocycles. The van der Waals surface area contributed by atoms with Gasteiger partial charge in [0.25, 0.3) is 5.91 Å². The van der Waals surface area contributed by atoms with E-state index < -0.39 is 11.9 Å². The van der Waals surface area contributed by atoms with E-state index in [1.165, 1.54) is 0 Å². The summed E-state index contributed by atoms with van der Waals surface area (Å²) in [5, 5.41) is 12.0. The Hall–Kier alpha value is -2.01. The number of carboxylic acids is 1. The topological polar surface area (TPSA) is 75.6 Å². The number of benzene rings is 1. The van der Waals surface area contributed by atoms with E-state index in [1.807, 2.05) is 0 Å². The summed E-state index contributed by atoms with van der Waals surface area (Å²) in [6.07, 6.45) is 3.64. The predicted octanol–water partition coefficient (Wildman–Crippen LogP) is 1.86. The Labute approximate surface area is 121 Å². The van der Waals surface area contributed by atoms with E-state index in [-0.39, 0.29) is 18.6 Å². The molecule has 0 fully saturated rings. The smallest absolute Gasteiger partial charge is 0.310 e. The van der Waals surface area contributed by atoms with Crippen LogP contribution in [-0.2, 0) is 9.59 Å². The number of nitrogens with one attached hydrogen (secondary N) is 1. The van der Waals surface area contributed by atoms with E-state index in [9.17, 15) is 9.59 Å². The van der Waals surface area contributed by atoms with E-state index in [2.05, 4.69) is 5.32 Å². The standard InChI is InChI=1S/C14H14ClNO4/c15-11-3-1-2-4-12(11)20-8-13(17)16-10-6-5-9(7-10)14(18)19/h1-6,9-10H,7-8H2,(H,16,17)(H,18,19). The highest BCUT2D eigenvalue weighted by molar-refractivity contribution is 6.32. The third-order valence-electron chi connectivity index (χ3n) is 2.94. The lowest BCUT2D eigenvalue weighted by molar-refractivity contribution is -0.140. The van der Waals surface area contributed by atoms with Crippen LogP contribution in [0, 0.1) is 5.92 Å². The van der Waals surface area contributed by atoms with Crippen LogP contribution in [0.4, 0.5) is 0 Å². The monoisotopic (exact) mass is 295 g/mol. The highest BCUT2D eigenvalue weighted by Crippen LogP contribution is 2.23. The Morgan fingerprint density at radius 2 is 2.10 bits per heavy atom. The van der Waals surface area contributed by atoms with Gasteiger partial charge in [-0.15, -0.1) is 0 Å². The van der Waals surface area contributed by atoms with Crippen LogP contribution >= 0.6 is 11.6 Å². The summed E-state index contributed by atoms with van der Waals surface area (Å²) >= 11 is 5.90. The summed E-state index contributed by atoms with van der Waals surface area (Å²) in [7, 11) is 0. The van der Waals surface area contributed by atoms with Gasteiger partial charge in [-0.2, -0.15) is 0 Å². The normalized spacial score (nSPS) is 20.6. The SMILES string of the molecule is O=C(COc1ccccc1Cl)NC1C=CC(C(=O)O)C1. The second-order valence-electron chi connectivity index (χ2n) is 4.46. The van der Waals surface area contributed by atoms with Crippen molar-refractivity contribution < 1.29 is 19.4 Å². The molecule has 0 saturated heterocycles. The average molecular weight is 296 g/mol. The first-order chi connectivity index (χ1) is 9.56. The minimum atomic E-state index is -0.884. The third-order valence-corrected chi connectivity index (χ3v) is 3.25. The first-order valence-electron chi connectivity index (χ1n) is 6.14. The number of rotatable bonds is 5.